The second-order valence-electron chi connectivity index (χ2n) is 5.69. The highest BCUT2D eigenvalue weighted by molar-refractivity contribution is 5.94. The molecule has 1 aromatic rings. The van der Waals surface area contributed by atoms with Gasteiger partial charge in [-0.3, -0.25) is 14.0 Å². The maximum absolute atomic E-state index is 12.4. The first-order valence-corrected chi connectivity index (χ1v) is 7.81. The van der Waals surface area contributed by atoms with Crippen LogP contribution < -0.4 is 0 Å². The number of hydrogen-bond acceptors (Lipinski definition) is 2. The van der Waals surface area contributed by atoms with E-state index in [0.717, 1.165) is 18.4 Å². The molecule has 0 aliphatic carbocycles. The zero-order chi connectivity index (χ0) is 15.9. The van der Waals surface area contributed by atoms with Crippen molar-refractivity contribution in [3.63, 3.8) is 0 Å². The van der Waals surface area contributed by atoms with Crippen molar-refractivity contribution in [2.75, 3.05) is 19.8 Å². The molecule has 1 aliphatic heterocycles. The second-order valence-corrected chi connectivity index (χ2v) is 5.69. The normalized spacial score (nSPS) is 18.9. The van der Waals surface area contributed by atoms with Crippen molar-refractivity contribution in [1.29, 1.82) is 0 Å². The van der Waals surface area contributed by atoms with E-state index in [-0.39, 0.29) is 25.0 Å². The molecule has 0 saturated carbocycles. The lowest BCUT2D eigenvalue weighted by Gasteiger charge is -2.38. The largest absolute Gasteiger partial charge is 0.329 e. The Morgan fingerprint density at radius 1 is 1.14 bits per heavy atom. The summed E-state index contributed by atoms with van der Waals surface area (Å²) in [6.45, 7) is 2.57. The minimum absolute atomic E-state index is 0.0195. The average Bonchev–Trinajstić information content (AvgIpc) is 2.52. The number of hydrogen-bond donors (Lipinski definition) is 0. The summed E-state index contributed by atoms with van der Waals surface area (Å²) >= 11 is 0. The van der Waals surface area contributed by atoms with Gasteiger partial charge in [0, 0.05) is 13.1 Å². The molecule has 0 N–H and O–H groups in total. The molecule has 2 amide bonds. The lowest BCUT2D eigenvalue weighted by Crippen LogP contribution is -2.58. The van der Waals surface area contributed by atoms with Crippen molar-refractivity contribution >= 4 is 11.8 Å². The third-order valence-electron chi connectivity index (χ3n) is 4.03. The lowest BCUT2D eigenvalue weighted by atomic mass is 10.1. The van der Waals surface area contributed by atoms with E-state index in [9.17, 15) is 14.0 Å². The number of rotatable bonds is 7. The van der Waals surface area contributed by atoms with E-state index in [2.05, 4.69) is 0 Å². The second kappa shape index (κ2) is 7.92. The monoisotopic (exact) mass is 306 g/mol. The van der Waals surface area contributed by atoms with Gasteiger partial charge < -0.3 is 9.80 Å². The van der Waals surface area contributed by atoms with Crippen LogP contribution in [0.5, 0.6) is 0 Å². The Hall–Kier alpha value is -1.91. The molecule has 0 unspecified atom stereocenters. The molecule has 5 heteroatoms. The lowest BCUT2D eigenvalue weighted by molar-refractivity contribution is -0.155. The molecule has 0 radical (unpaired) electrons. The van der Waals surface area contributed by atoms with E-state index in [0.29, 0.717) is 19.5 Å². The van der Waals surface area contributed by atoms with Crippen LogP contribution in [0.2, 0.25) is 0 Å². The molecule has 4 nitrogen and oxygen atoms in total. The zero-order valence-corrected chi connectivity index (χ0v) is 13.0. The maximum atomic E-state index is 12.4. The summed E-state index contributed by atoms with van der Waals surface area (Å²) in [6.07, 6.45) is 2.01. The minimum atomic E-state index is -0.435. The van der Waals surface area contributed by atoms with Gasteiger partial charge in [0.15, 0.2) is 0 Å². The standard InChI is InChI=1S/C17H23FN2O2/c1-14-17(22)19(12-15-8-4-2-5-9-15)13-16(21)20(14)11-7-3-6-10-18/h2,4-5,8-9,14H,3,6-7,10-13H2,1H3/t14-/m1/s1. The quantitative estimate of drug-likeness (QED) is 0.726. The number of carbonyl (C=O) groups is 2. The highest BCUT2D eigenvalue weighted by atomic mass is 19.1. The summed E-state index contributed by atoms with van der Waals surface area (Å²) in [5.41, 5.74) is 1.02. The molecule has 1 fully saturated rings. The molecule has 22 heavy (non-hydrogen) atoms. The van der Waals surface area contributed by atoms with E-state index in [4.69, 9.17) is 0 Å². The topological polar surface area (TPSA) is 40.6 Å². The van der Waals surface area contributed by atoms with E-state index in [1.54, 1.807) is 16.7 Å². The first-order valence-electron chi connectivity index (χ1n) is 7.81. The third kappa shape index (κ3) is 4.06. The first kappa shape index (κ1) is 16.5. The Kier molecular flexibility index (Phi) is 5.92. The maximum Gasteiger partial charge on any atom is 0.245 e. The molecule has 0 spiro atoms. The smallest absolute Gasteiger partial charge is 0.245 e. The zero-order valence-electron chi connectivity index (χ0n) is 13.0. The molecule has 1 saturated heterocycles. The number of halogens is 1. The Labute approximate surface area is 130 Å². The van der Waals surface area contributed by atoms with Crippen molar-refractivity contribution in [3.8, 4) is 0 Å². The average molecular weight is 306 g/mol. The van der Waals surface area contributed by atoms with Crippen LogP contribution >= 0.6 is 0 Å². The van der Waals surface area contributed by atoms with Crippen LogP contribution in [-0.4, -0.2) is 47.4 Å². The molecule has 1 heterocycles. The van der Waals surface area contributed by atoms with Crippen molar-refractivity contribution in [2.24, 2.45) is 0 Å². The Balaban J connectivity index is 1.93. The summed E-state index contributed by atoms with van der Waals surface area (Å²) in [6, 6.07) is 9.24. The van der Waals surface area contributed by atoms with Gasteiger partial charge in [-0.05, 0) is 31.7 Å². The summed E-state index contributed by atoms with van der Waals surface area (Å²) in [7, 11) is 0. The number of benzene rings is 1. The Bertz CT molecular complexity index is 507. The van der Waals surface area contributed by atoms with Crippen LogP contribution in [0.15, 0.2) is 30.3 Å². The van der Waals surface area contributed by atoms with Gasteiger partial charge in [-0.15, -0.1) is 0 Å². The van der Waals surface area contributed by atoms with Crippen LogP contribution in [0.25, 0.3) is 0 Å². The summed E-state index contributed by atoms with van der Waals surface area (Å²) in [5, 5.41) is 0. The predicted molar refractivity (Wildman–Crippen MR) is 82.9 cm³/mol. The van der Waals surface area contributed by atoms with Gasteiger partial charge in [0.1, 0.15) is 12.6 Å². The molecule has 1 aliphatic rings. The van der Waals surface area contributed by atoms with Crippen molar-refractivity contribution in [1.82, 2.24) is 9.80 Å². The van der Waals surface area contributed by atoms with Gasteiger partial charge in [-0.25, -0.2) is 0 Å². The minimum Gasteiger partial charge on any atom is -0.329 e. The summed E-state index contributed by atoms with van der Waals surface area (Å²) in [4.78, 5) is 28.0. The summed E-state index contributed by atoms with van der Waals surface area (Å²) in [5.74, 6) is -0.0442. The van der Waals surface area contributed by atoms with E-state index in [1.165, 1.54) is 0 Å². The fourth-order valence-electron chi connectivity index (χ4n) is 2.75. The van der Waals surface area contributed by atoms with Crippen LogP contribution in [-0.2, 0) is 16.1 Å². The number of piperazine rings is 1. The van der Waals surface area contributed by atoms with Crippen LogP contribution in [0.4, 0.5) is 4.39 Å². The Morgan fingerprint density at radius 2 is 1.86 bits per heavy atom. The number of alkyl halides is 1. The summed E-state index contributed by atoms with van der Waals surface area (Å²) < 4.78 is 12.1. The van der Waals surface area contributed by atoms with Crippen LogP contribution in [0, 0.1) is 0 Å². The number of carbonyl (C=O) groups excluding carboxylic acids is 2. The van der Waals surface area contributed by atoms with Crippen molar-refractivity contribution in [2.45, 2.75) is 38.8 Å². The van der Waals surface area contributed by atoms with Gasteiger partial charge >= 0.3 is 0 Å². The fourth-order valence-corrected chi connectivity index (χ4v) is 2.75. The fraction of sp³-hybridized carbons (Fsp3) is 0.529. The highest BCUT2D eigenvalue weighted by Gasteiger charge is 2.35. The van der Waals surface area contributed by atoms with Crippen LogP contribution in [0.1, 0.15) is 31.7 Å². The van der Waals surface area contributed by atoms with Gasteiger partial charge in [0.25, 0.3) is 0 Å². The first-order chi connectivity index (χ1) is 10.6. The SMILES string of the molecule is C[C@@H]1C(=O)N(Cc2ccccc2)CC(=O)N1CCCCCF. The van der Waals surface area contributed by atoms with Crippen molar-refractivity contribution < 1.29 is 14.0 Å². The van der Waals surface area contributed by atoms with Crippen molar-refractivity contribution in [3.05, 3.63) is 35.9 Å². The van der Waals surface area contributed by atoms with Crippen LogP contribution in [0.3, 0.4) is 0 Å². The molecule has 2 rings (SSSR count). The third-order valence-corrected chi connectivity index (χ3v) is 4.03. The van der Waals surface area contributed by atoms with E-state index >= 15 is 0 Å². The van der Waals surface area contributed by atoms with Gasteiger partial charge in [-0.2, -0.15) is 0 Å². The molecular formula is C17H23FN2O2. The predicted octanol–water partition coefficient (Wildman–Crippen LogP) is 2.39. The number of amides is 2. The molecule has 120 valence electrons. The molecule has 1 aromatic carbocycles. The van der Waals surface area contributed by atoms with Gasteiger partial charge in [0.05, 0.1) is 6.67 Å². The Morgan fingerprint density at radius 3 is 2.55 bits per heavy atom. The van der Waals surface area contributed by atoms with E-state index in [1.807, 2.05) is 30.3 Å². The molecule has 1 atom stereocenters. The molecular weight excluding hydrogens is 283 g/mol. The molecule has 0 bridgehead atoms. The number of nitrogens with zero attached hydrogens (tertiary/aromatic N) is 2. The highest BCUT2D eigenvalue weighted by Crippen LogP contribution is 2.16. The van der Waals surface area contributed by atoms with Gasteiger partial charge in [0.2, 0.25) is 11.8 Å². The van der Waals surface area contributed by atoms with E-state index < -0.39 is 6.04 Å². The van der Waals surface area contributed by atoms with Gasteiger partial charge in [-0.1, -0.05) is 30.3 Å². The molecule has 0 aromatic heterocycles. The number of unbranched alkanes of at least 4 members (excludes halogenated alkanes) is 2.